The molecule has 0 radical (unpaired) electrons. The van der Waals surface area contributed by atoms with Crippen LogP contribution in [0.25, 0.3) is 11.0 Å². The van der Waals surface area contributed by atoms with Crippen molar-refractivity contribution in [2.75, 3.05) is 5.32 Å². The summed E-state index contributed by atoms with van der Waals surface area (Å²) < 4.78 is 0. The summed E-state index contributed by atoms with van der Waals surface area (Å²) >= 11 is 0. The number of aromatic nitrogens is 4. The van der Waals surface area contributed by atoms with Crippen LogP contribution in [0.5, 0.6) is 0 Å². The van der Waals surface area contributed by atoms with Crippen LogP contribution in [0.15, 0.2) is 42.6 Å². The van der Waals surface area contributed by atoms with Gasteiger partial charge in [-0.1, -0.05) is 6.07 Å². The number of rotatable bonds is 2. The zero-order chi connectivity index (χ0) is 10.8. The van der Waals surface area contributed by atoms with E-state index in [4.69, 9.17) is 0 Å². The molecule has 0 aliphatic heterocycles. The fraction of sp³-hybridized carbons (Fsp3) is 0. The van der Waals surface area contributed by atoms with Crippen molar-refractivity contribution >= 4 is 22.5 Å². The Morgan fingerprint density at radius 2 is 1.94 bits per heavy atom. The molecule has 78 valence electrons. The van der Waals surface area contributed by atoms with E-state index in [9.17, 15) is 0 Å². The van der Waals surface area contributed by atoms with E-state index in [2.05, 4.69) is 25.7 Å². The van der Waals surface area contributed by atoms with Crippen molar-refractivity contribution in [2.24, 2.45) is 0 Å². The van der Waals surface area contributed by atoms with Crippen LogP contribution in [0, 0.1) is 0 Å². The monoisotopic (exact) mass is 211 g/mol. The van der Waals surface area contributed by atoms with Crippen LogP contribution >= 0.6 is 0 Å². The van der Waals surface area contributed by atoms with Crippen molar-refractivity contribution in [1.82, 2.24) is 20.4 Å². The Hall–Kier alpha value is -2.43. The minimum atomic E-state index is 0.811. The summed E-state index contributed by atoms with van der Waals surface area (Å²) in [5, 5.41) is 13.8. The second kappa shape index (κ2) is 3.62. The maximum Gasteiger partial charge on any atom is 0.130 e. The highest BCUT2D eigenvalue weighted by Gasteiger charge is 2.00. The van der Waals surface area contributed by atoms with Crippen LogP contribution in [0.1, 0.15) is 0 Å². The van der Waals surface area contributed by atoms with Gasteiger partial charge in [0.05, 0.1) is 0 Å². The van der Waals surface area contributed by atoms with Crippen molar-refractivity contribution in [3.8, 4) is 0 Å². The number of nitrogens with one attached hydrogen (secondary N) is 2. The van der Waals surface area contributed by atoms with Gasteiger partial charge in [0.2, 0.25) is 0 Å². The van der Waals surface area contributed by atoms with Gasteiger partial charge in [0, 0.05) is 11.9 Å². The molecule has 3 aromatic rings. The van der Waals surface area contributed by atoms with E-state index in [0.29, 0.717) is 0 Å². The Balaban J connectivity index is 1.94. The number of hydrogen-bond donors (Lipinski definition) is 2. The predicted octanol–water partition coefficient (Wildman–Crippen LogP) is 2.10. The summed E-state index contributed by atoms with van der Waals surface area (Å²) in [5.41, 5.74) is 2.63. The van der Waals surface area contributed by atoms with Crippen LogP contribution in [-0.2, 0) is 0 Å². The van der Waals surface area contributed by atoms with Crippen LogP contribution in [0.4, 0.5) is 11.5 Å². The van der Waals surface area contributed by atoms with Crippen LogP contribution in [0.2, 0.25) is 0 Å². The average molecular weight is 211 g/mol. The summed E-state index contributed by atoms with van der Waals surface area (Å²) in [6.07, 6.45) is 1.75. The molecule has 3 rings (SSSR count). The minimum Gasteiger partial charge on any atom is -0.340 e. The summed E-state index contributed by atoms with van der Waals surface area (Å²) in [7, 11) is 0. The van der Waals surface area contributed by atoms with Gasteiger partial charge in [0.1, 0.15) is 16.9 Å². The lowest BCUT2D eigenvalue weighted by atomic mass is 10.2. The molecule has 2 N–H and O–H groups in total. The highest BCUT2D eigenvalue weighted by Crippen LogP contribution is 2.18. The highest BCUT2D eigenvalue weighted by molar-refractivity contribution is 5.79. The molecule has 0 bridgehead atoms. The molecule has 2 heterocycles. The molecular weight excluding hydrogens is 202 g/mol. The lowest BCUT2D eigenvalue weighted by Gasteiger charge is -2.03. The van der Waals surface area contributed by atoms with E-state index in [1.807, 2.05) is 36.4 Å². The van der Waals surface area contributed by atoms with E-state index in [-0.39, 0.29) is 0 Å². The number of fused-ring (bicyclic) bond motifs is 1. The van der Waals surface area contributed by atoms with Crippen LogP contribution < -0.4 is 5.32 Å². The smallest absolute Gasteiger partial charge is 0.130 e. The first-order valence-corrected chi connectivity index (χ1v) is 4.90. The van der Waals surface area contributed by atoms with Crippen molar-refractivity contribution in [3.05, 3.63) is 42.6 Å². The fourth-order valence-electron chi connectivity index (χ4n) is 1.50. The van der Waals surface area contributed by atoms with Crippen molar-refractivity contribution in [1.29, 1.82) is 0 Å². The van der Waals surface area contributed by atoms with Gasteiger partial charge in [0.15, 0.2) is 0 Å². The SMILES string of the molecule is c1ccc(Nc2ccc3n[nH]nc3c2)nc1. The van der Waals surface area contributed by atoms with E-state index in [0.717, 1.165) is 22.5 Å². The Kier molecular flexibility index (Phi) is 2.00. The molecule has 2 aromatic heterocycles. The quantitative estimate of drug-likeness (QED) is 0.681. The van der Waals surface area contributed by atoms with Gasteiger partial charge < -0.3 is 5.32 Å². The molecule has 0 saturated heterocycles. The number of pyridine rings is 1. The second-order valence-electron chi connectivity index (χ2n) is 3.37. The zero-order valence-corrected chi connectivity index (χ0v) is 8.38. The normalized spacial score (nSPS) is 10.5. The summed E-state index contributed by atoms with van der Waals surface area (Å²) in [4.78, 5) is 4.19. The number of aromatic amines is 1. The zero-order valence-electron chi connectivity index (χ0n) is 8.38. The number of anilines is 2. The van der Waals surface area contributed by atoms with E-state index in [1.54, 1.807) is 6.20 Å². The predicted molar refractivity (Wildman–Crippen MR) is 61.4 cm³/mol. The van der Waals surface area contributed by atoms with Crippen LogP contribution in [-0.4, -0.2) is 20.4 Å². The first kappa shape index (κ1) is 8.84. The Bertz CT molecular complexity index is 602. The number of nitrogens with zero attached hydrogens (tertiary/aromatic N) is 3. The standard InChI is InChI=1S/C11H9N5/c1-2-6-12-11(3-1)13-8-4-5-9-10(7-8)15-16-14-9/h1-7H,(H,12,13)(H,14,15,16). The molecule has 5 nitrogen and oxygen atoms in total. The Morgan fingerprint density at radius 1 is 1.00 bits per heavy atom. The minimum absolute atomic E-state index is 0.811. The third-order valence-electron chi connectivity index (χ3n) is 2.25. The van der Waals surface area contributed by atoms with Crippen molar-refractivity contribution in [2.45, 2.75) is 0 Å². The first-order valence-electron chi connectivity index (χ1n) is 4.90. The lowest BCUT2D eigenvalue weighted by Crippen LogP contribution is -1.91. The maximum atomic E-state index is 4.19. The van der Waals surface area contributed by atoms with Gasteiger partial charge in [0.25, 0.3) is 0 Å². The molecule has 0 spiro atoms. The van der Waals surface area contributed by atoms with Gasteiger partial charge in [-0.25, -0.2) is 4.98 Å². The van der Waals surface area contributed by atoms with Gasteiger partial charge in [-0.2, -0.15) is 15.4 Å². The Morgan fingerprint density at radius 3 is 2.81 bits per heavy atom. The van der Waals surface area contributed by atoms with Gasteiger partial charge in [-0.3, -0.25) is 0 Å². The topological polar surface area (TPSA) is 66.5 Å². The third-order valence-corrected chi connectivity index (χ3v) is 2.25. The van der Waals surface area contributed by atoms with Crippen molar-refractivity contribution in [3.63, 3.8) is 0 Å². The molecule has 0 aliphatic carbocycles. The molecular formula is C11H9N5. The summed E-state index contributed by atoms with van der Waals surface area (Å²) in [6, 6.07) is 11.5. The largest absolute Gasteiger partial charge is 0.340 e. The number of hydrogen-bond acceptors (Lipinski definition) is 4. The number of benzene rings is 1. The van der Waals surface area contributed by atoms with Gasteiger partial charge in [-0.15, -0.1) is 0 Å². The molecule has 16 heavy (non-hydrogen) atoms. The number of H-pyrrole nitrogens is 1. The molecule has 0 fully saturated rings. The molecule has 1 aromatic carbocycles. The molecule has 0 unspecified atom stereocenters. The third kappa shape index (κ3) is 1.58. The maximum absolute atomic E-state index is 4.19. The molecule has 0 amide bonds. The molecule has 0 atom stereocenters. The molecule has 0 aliphatic rings. The fourth-order valence-corrected chi connectivity index (χ4v) is 1.50. The highest BCUT2D eigenvalue weighted by atomic mass is 15.3. The van der Waals surface area contributed by atoms with Gasteiger partial charge >= 0.3 is 0 Å². The Labute approximate surface area is 91.5 Å². The van der Waals surface area contributed by atoms with Gasteiger partial charge in [-0.05, 0) is 30.3 Å². The van der Waals surface area contributed by atoms with Crippen molar-refractivity contribution < 1.29 is 0 Å². The summed E-state index contributed by atoms with van der Waals surface area (Å²) in [5.74, 6) is 0.811. The second-order valence-corrected chi connectivity index (χ2v) is 3.37. The first-order chi connectivity index (χ1) is 7.92. The molecule has 5 heteroatoms. The average Bonchev–Trinajstić information content (AvgIpc) is 2.77. The molecule has 0 saturated carbocycles. The van der Waals surface area contributed by atoms with Crippen LogP contribution in [0.3, 0.4) is 0 Å². The van der Waals surface area contributed by atoms with E-state index >= 15 is 0 Å². The lowest BCUT2D eigenvalue weighted by molar-refractivity contribution is 0.959. The summed E-state index contributed by atoms with van der Waals surface area (Å²) in [6.45, 7) is 0. The van der Waals surface area contributed by atoms with E-state index in [1.165, 1.54) is 0 Å². The van der Waals surface area contributed by atoms with E-state index < -0.39 is 0 Å².